The first-order chi connectivity index (χ1) is 11.7. The number of ether oxygens (including phenoxy) is 1. The third-order valence-electron chi connectivity index (χ3n) is 5.25. The molecule has 0 saturated carbocycles. The first-order valence-corrected chi connectivity index (χ1v) is 9.12. The molecular formula is C19H29N3O2. The number of piperazine rings is 1. The molecule has 1 N–H and O–H groups in total. The van der Waals surface area contributed by atoms with E-state index in [1.165, 1.54) is 11.1 Å². The monoisotopic (exact) mass is 331 g/mol. The van der Waals surface area contributed by atoms with E-state index in [9.17, 15) is 4.79 Å². The molecule has 5 nitrogen and oxygen atoms in total. The Morgan fingerprint density at radius 3 is 2.62 bits per heavy atom. The zero-order valence-electron chi connectivity index (χ0n) is 14.8. The van der Waals surface area contributed by atoms with Gasteiger partial charge in [-0.2, -0.15) is 0 Å². The van der Waals surface area contributed by atoms with E-state index < -0.39 is 0 Å². The van der Waals surface area contributed by atoms with E-state index in [-0.39, 0.29) is 18.0 Å². The highest BCUT2D eigenvalue weighted by Gasteiger charge is 2.33. The van der Waals surface area contributed by atoms with Crippen LogP contribution < -0.4 is 5.32 Å². The van der Waals surface area contributed by atoms with E-state index in [2.05, 4.69) is 46.3 Å². The molecular weight excluding hydrogens is 302 g/mol. The Morgan fingerprint density at radius 2 is 1.96 bits per heavy atom. The summed E-state index contributed by atoms with van der Waals surface area (Å²) in [5.74, 6) is 0.239. The van der Waals surface area contributed by atoms with Gasteiger partial charge in [0.2, 0.25) is 5.91 Å². The van der Waals surface area contributed by atoms with Gasteiger partial charge < -0.3 is 15.0 Å². The molecule has 1 amide bonds. The van der Waals surface area contributed by atoms with Crippen LogP contribution in [0.3, 0.4) is 0 Å². The number of carbonyl (C=O) groups excluding carboxylic acids is 1. The van der Waals surface area contributed by atoms with Gasteiger partial charge in [0, 0.05) is 32.7 Å². The van der Waals surface area contributed by atoms with Crippen LogP contribution in [0.5, 0.6) is 0 Å². The van der Waals surface area contributed by atoms with E-state index in [0.717, 1.165) is 52.4 Å². The minimum absolute atomic E-state index is 0.0792. The van der Waals surface area contributed by atoms with Crippen LogP contribution in [0, 0.1) is 0 Å². The SMILES string of the molecule is CCc1ccc(C2CNCCN2C(=O)C(C)N2CCOCC2)cc1. The van der Waals surface area contributed by atoms with Crippen molar-refractivity contribution in [3.63, 3.8) is 0 Å². The van der Waals surface area contributed by atoms with Crippen LogP contribution in [-0.4, -0.2) is 67.7 Å². The van der Waals surface area contributed by atoms with Crippen molar-refractivity contribution in [1.29, 1.82) is 0 Å². The number of rotatable bonds is 4. The molecule has 2 unspecified atom stereocenters. The van der Waals surface area contributed by atoms with Gasteiger partial charge in [-0.25, -0.2) is 0 Å². The summed E-state index contributed by atoms with van der Waals surface area (Å²) in [5, 5.41) is 3.44. The normalized spacial score (nSPS) is 23.9. The highest BCUT2D eigenvalue weighted by Crippen LogP contribution is 2.24. The molecule has 2 saturated heterocycles. The van der Waals surface area contributed by atoms with Gasteiger partial charge in [-0.15, -0.1) is 0 Å². The first kappa shape index (κ1) is 17.4. The third-order valence-corrected chi connectivity index (χ3v) is 5.25. The Hall–Kier alpha value is -1.43. The zero-order valence-corrected chi connectivity index (χ0v) is 14.8. The van der Waals surface area contributed by atoms with E-state index in [4.69, 9.17) is 4.74 Å². The highest BCUT2D eigenvalue weighted by atomic mass is 16.5. The van der Waals surface area contributed by atoms with E-state index >= 15 is 0 Å². The lowest BCUT2D eigenvalue weighted by Gasteiger charge is -2.41. The molecule has 0 radical (unpaired) electrons. The van der Waals surface area contributed by atoms with Gasteiger partial charge in [-0.3, -0.25) is 9.69 Å². The maximum atomic E-state index is 13.1. The predicted octanol–water partition coefficient (Wildman–Crippen LogP) is 1.44. The Labute approximate surface area is 145 Å². The minimum atomic E-state index is -0.0792. The number of nitrogens with one attached hydrogen (secondary N) is 1. The molecule has 24 heavy (non-hydrogen) atoms. The van der Waals surface area contributed by atoms with Crippen molar-refractivity contribution in [2.45, 2.75) is 32.4 Å². The predicted molar refractivity (Wildman–Crippen MR) is 95.0 cm³/mol. The summed E-state index contributed by atoms with van der Waals surface area (Å²) in [6.45, 7) is 9.79. The maximum absolute atomic E-state index is 13.1. The van der Waals surface area contributed by atoms with Crippen LogP contribution in [0.4, 0.5) is 0 Å². The second-order valence-electron chi connectivity index (χ2n) is 6.67. The number of carbonyl (C=O) groups is 1. The van der Waals surface area contributed by atoms with Crippen LogP contribution in [0.25, 0.3) is 0 Å². The van der Waals surface area contributed by atoms with Gasteiger partial charge in [-0.1, -0.05) is 31.2 Å². The highest BCUT2D eigenvalue weighted by molar-refractivity contribution is 5.82. The number of aryl methyl sites for hydroxylation is 1. The Balaban J connectivity index is 1.74. The number of morpholine rings is 1. The largest absolute Gasteiger partial charge is 0.379 e. The molecule has 2 fully saturated rings. The summed E-state index contributed by atoms with van der Waals surface area (Å²) < 4.78 is 5.41. The van der Waals surface area contributed by atoms with E-state index in [1.807, 2.05) is 6.92 Å². The van der Waals surface area contributed by atoms with E-state index in [1.54, 1.807) is 0 Å². The minimum Gasteiger partial charge on any atom is -0.379 e. The summed E-state index contributed by atoms with van der Waals surface area (Å²) in [6, 6.07) is 8.76. The van der Waals surface area contributed by atoms with Gasteiger partial charge in [-0.05, 0) is 24.5 Å². The van der Waals surface area contributed by atoms with Crippen molar-refractivity contribution in [2.24, 2.45) is 0 Å². The lowest BCUT2D eigenvalue weighted by molar-refractivity contribution is -0.141. The third kappa shape index (κ3) is 3.79. The number of benzene rings is 1. The van der Waals surface area contributed by atoms with Gasteiger partial charge in [0.25, 0.3) is 0 Å². The fourth-order valence-corrected chi connectivity index (χ4v) is 3.60. The van der Waals surface area contributed by atoms with Crippen molar-refractivity contribution in [1.82, 2.24) is 15.1 Å². The van der Waals surface area contributed by atoms with Gasteiger partial charge in [0.15, 0.2) is 0 Å². The molecule has 3 rings (SSSR count). The van der Waals surface area contributed by atoms with Gasteiger partial charge >= 0.3 is 0 Å². The van der Waals surface area contributed by atoms with Gasteiger partial charge in [0.05, 0.1) is 25.3 Å². The smallest absolute Gasteiger partial charge is 0.240 e. The number of nitrogens with zero attached hydrogens (tertiary/aromatic N) is 2. The molecule has 2 atom stereocenters. The molecule has 0 aromatic heterocycles. The Kier molecular flexibility index (Phi) is 5.87. The lowest BCUT2D eigenvalue weighted by atomic mass is 10.00. The van der Waals surface area contributed by atoms with Crippen LogP contribution in [0.15, 0.2) is 24.3 Å². The molecule has 2 heterocycles. The molecule has 0 bridgehead atoms. The van der Waals surface area contributed by atoms with E-state index in [0.29, 0.717) is 0 Å². The number of hydrogen-bond acceptors (Lipinski definition) is 4. The second kappa shape index (κ2) is 8.10. The Bertz CT molecular complexity index is 540. The van der Waals surface area contributed by atoms with Crippen LogP contribution >= 0.6 is 0 Å². The quantitative estimate of drug-likeness (QED) is 0.907. The molecule has 132 valence electrons. The summed E-state index contributed by atoms with van der Waals surface area (Å²) in [4.78, 5) is 17.4. The molecule has 5 heteroatoms. The number of amides is 1. The fraction of sp³-hybridized carbons (Fsp3) is 0.632. The molecule has 0 aliphatic carbocycles. The molecule has 2 aliphatic rings. The second-order valence-corrected chi connectivity index (χ2v) is 6.67. The molecule has 2 aliphatic heterocycles. The van der Waals surface area contributed by atoms with Crippen LogP contribution in [0.1, 0.15) is 31.0 Å². The average molecular weight is 331 g/mol. The van der Waals surface area contributed by atoms with Crippen molar-refractivity contribution >= 4 is 5.91 Å². The number of hydrogen-bond donors (Lipinski definition) is 1. The summed E-state index contributed by atoms with van der Waals surface area (Å²) in [6.07, 6.45) is 1.04. The molecule has 1 aromatic rings. The van der Waals surface area contributed by atoms with Crippen LogP contribution in [0.2, 0.25) is 0 Å². The summed E-state index contributed by atoms with van der Waals surface area (Å²) in [7, 11) is 0. The molecule has 1 aromatic carbocycles. The topological polar surface area (TPSA) is 44.8 Å². The summed E-state index contributed by atoms with van der Waals surface area (Å²) in [5.41, 5.74) is 2.56. The maximum Gasteiger partial charge on any atom is 0.240 e. The average Bonchev–Trinajstić information content (AvgIpc) is 2.67. The van der Waals surface area contributed by atoms with Gasteiger partial charge in [0.1, 0.15) is 0 Å². The van der Waals surface area contributed by atoms with Crippen molar-refractivity contribution in [3.8, 4) is 0 Å². The standard InChI is InChI=1S/C19H29N3O2/c1-3-16-4-6-17(7-5-16)18-14-20-8-9-22(18)19(23)15(2)21-10-12-24-13-11-21/h4-7,15,18,20H,3,8-14H2,1-2H3. The van der Waals surface area contributed by atoms with Crippen molar-refractivity contribution in [3.05, 3.63) is 35.4 Å². The van der Waals surface area contributed by atoms with Crippen LogP contribution in [-0.2, 0) is 16.0 Å². The molecule has 0 spiro atoms. The Morgan fingerprint density at radius 1 is 1.25 bits per heavy atom. The first-order valence-electron chi connectivity index (χ1n) is 9.12. The fourth-order valence-electron chi connectivity index (χ4n) is 3.60. The van der Waals surface area contributed by atoms with Crippen molar-refractivity contribution in [2.75, 3.05) is 45.9 Å². The zero-order chi connectivity index (χ0) is 16.9. The summed E-state index contributed by atoms with van der Waals surface area (Å²) >= 11 is 0. The lowest BCUT2D eigenvalue weighted by Crippen LogP contribution is -2.56. The van der Waals surface area contributed by atoms with Crippen molar-refractivity contribution < 1.29 is 9.53 Å².